The zero-order chi connectivity index (χ0) is 15.1. The van der Waals surface area contributed by atoms with Gasteiger partial charge in [-0.15, -0.1) is 0 Å². The van der Waals surface area contributed by atoms with E-state index >= 15 is 0 Å². The van der Waals surface area contributed by atoms with Crippen LogP contribution in [0.25, 0.3) is 0 Å². The van der Waals surface area contributed by atoms with Crippen molar-refractivity contribution in [1.29, 1.82) is 5.26 Å². The second-order valence-corrected chi connectivity index (χ2v) is 6.86. The third-order valence-corrected chi connectivity index (χ3v) is 4.75. The molecule has 20 heavy (non-hydrogen) atoms. The minimum absolute atomic E-state index is 0.0809. The number of nitriles is 1. The maximum Gasteiger partial charge on any atom is 0.229 e. The Morgan fingerprint density at radius 3 is 2.65 bits per heavy atom. The second kappa shape index (κ2) is 5.01. The molecule has 2 heterocycles. The van der Waals surface area contributed by atoms with Crippen molar-refractivity contribution >= 4 is 43.4 Å². The summed E-state index contributed by atoms with van der Waals surface area (Å²) < 4.78 is 22.8. The van der Waals surface area contributed by atoms with Crippen molar-refractivity contribution in [1.82, 2.24) is 4.98 Å². The van der Waals surface area contributed by atoms with Crippen LogP contribution < -0.4 is 15.8 Å². The Morgan fingerprint density at radius 1 is 1.55 bits per heavy atom. The largest absolute Gasteiger partial charge is 0.397 e. The Morgan fingerprint density at radius 2 is 2.20 bits per heavy atom. The van der Waals surface area contributed by atoms with E-state index < -0.39 is 21.2 Å². The Bertz CT molecular complexity index is 704. The highest BCUT2D eigenvalue weighted by Crippen LogP contribution is 2.29. The monoisotopic (exact) mass is 359 g/mol. The predicted octanol–water partition coefficient (Wildman–Crippen LogP) is -0.308. The van der Waals surface area contributed by atoms with Gasteiger partial charge in [0.25, 0.3) is 0 Å². The Labute approximate surface area is 123 Å². The highest BCUT2D eigenvalue weighted by Gasteiger charge is 2.38. The SMILES string of the molecule is N#Cc1c(N)cc(N2CC(S(N)(=O)=O)CC2=O)nc1Br. The van der Waals surface area contributed by atoms with Gasteiger partial charge in [0.05, 0.1) is 5.69 Å². The van der Waals surface area contributed by atoms with E-state index in [1.807, 2.05) is 6.07 Å². The molecule has 1 aromatic rings. The van der Waals surface area contributed by atoms with Crippen molar-refractivity contribution in [2.24, 2.45) is 5.14 Å². The zero-order valence-electron chi connectivity index (χ0n) is 10.1. The van der Waals surface area contributed by atoms with E-state index in [4.69, 9.17) is 16.1 Å². The maximum absolute atomic E-state index is 11.9. The number of pyridine rings is 1. The molecular formula is C10H10BrN5O3S. The highest BCUT2D eigenvalue weighted by atomic mass is 79.9. The minimum atomic E-state index is -3.80. The molecule has 1 saturated heterocycles. The van der Waals surface area contributed by atoms with Crippen molar-refractivity contribution in [3.05, 3.63) is 16.2 Å². The summed E-state index contributed by atoms with van der Waals surface area (Å²) in [7, 11) is -3.80. The maximum atomic E-state index is 11.9. The summed E-state index contributed by atoms with van der Waals surface area (Å²) in [5, 5.41) is 13.0. The molecule has 0 radical (unpaired) electrons. The first kappa shape index (κ1) is 14.7. The molecule has 0 aromatic carbocycles. The second-order valence-electron chi connectivity index (χ2n) is 4.27. The number of nitrogens with two attached hydrogens (primary N) is 2. The lowest BCUT2D eigenvalue weighted by Crippen LogP contribution is -2.32. The van der Waals surface area contributed by atoms with E-state index in [0.717, 1.165) is 0 Å². The molecule has 8 nitrogen and oxygen atoms in total. The molecular weight excluding hydrogens is 350 g/mol. The number of anilines is 2. The van der Waals surface area contributed by atoms with Gasteiger partial charge in [-0.3, -0.25) is 9.69 Å². The number of halogens is 1. The summed E-state index contributed by atoms with van der Waals surface area (Å²) in [6.45, 7) is -0.0809. The summed E-state index contributed by atoms with van der Waals surface area (Å²) in [5.41, 5.74) is 6.00. The number of nitrogens with zero attached hydrogens (tertiary/aromatic N) is 3. The molecule has 1 atom stereocenters. The van der Waals surface area contributed by atoms with Crippen LogP contribution in [0.2, 0.25) is 0 Å². The number of primary sulfonamides is 1. The first-order chi connectivity index (χ1) is 9.24. The molecule has 2 rings (SSSR count). The molecule has 0 saturated carbocycles. The van der Waals surface area contributed by atoms with Crippen molar-refractivity contribution in [2.75, 3.05) is 17.2 Å². The van der Waals surface area contributed by atoms with Gasteiger partial charge in [0, 0.05) is 19.0 Å². The molecule has 1 aliphatic heterocycles. The average molecular weight is 360 g/mol. The van der Waals surface area contributed by atoms with Gasteiger partial charge in [0.2, 0.25) is 15.9 Å². The average Bonchev–Trinajstić information content (AvgIpc) is 2.70. The Kier molecular flexibility index (Phi) is 3.68. The van der Waals surface area contributed by atoms with Crippen molar-refractivity contribution in [2.45, 2.75) is 11.7 Å². The minimum Gasteiger partial charge on any atom is -0.397 e. The number of carbonyl (C=O) groups excluding carboxylic acids is 1. The third-order valence-electron chi connectivity index (χ3n) is 2.93. The number of rotatable bonds is 2. The molecule has 1 aliphatic rings. The number of hydrogen-bond acceptors (Lipinski definition) is 6. The lowest BCUT2D eigenvalue weighted by atomic mass is 10.2. The molecule has 1 aromatic heterocycles. The highest BCUT2D eigenvalue weighted by molar-refractivity contribution is 9.10. The van der Waals surface area contributed by atoms with Crippen LogP contribution in [0, 0.1) is 11.3 Å². The first-order valence-corrected chi connectivity index (χ1v) is 7.82. The number of amides is 1. The normalized spacial score (nSPS) is 19.1. The van der Waals surface area contributed by atoms with Crippen LogP contribution in [0.3, 0.4) is 0 Å². The summed E-state index contributed by atoms with van der Waals surface area (Å²) in [6.07, 6.45) is -0.196. The number of aromatic nitrogens is 1. The van der Waals surface area contributed by atoms with Crippen LogP contribution in [-0.4, -0.2) is 31.1 Å². The fraction of sp³-hybridized carbons (Fsp3) is 0.300. The van der Waals surface area contributed by atoms with Crippen LogP contribution in [-0.2, 0) is 14.8 Å². The van der Waals surface area contributed by atoms with Gasteiger partial charge in [0.1, 0.15) is 27.3 Å². The lowest BCUT2D eigenvalue weighted by molar-refractivity contribution is -0.117. The summed E-state index contributed by atoms with van der Waals surface area (Å²) in [5.74, 6) is -0.225. The molecule has 1 unspecified atom stereocenters. The van der Waals surface area contributed by atoms with E-state index in [-0.39, 0.29) is 34.6 Å². The van der Waals surface area contributed by atoms with Crippen LogP contribution in [0.4, 0.5) is 11.5 Å². The summed E-state index contributed by atoms with van der Waals surface area (Å²) in [6, 6.07) is 3.23. The number of nitrogen functional groups attached to an aromatic ring is 1. The van der Waals surface area contributed by atoms with Crippen LogP contribution in [0.1, 0.15) is 12.0 Å². The Hall–Kier alpha value is -1.70. The fourth-order valence-electron chi connectivity index (χ4n) is 1.88. The summed E-state index contributed by atoms with van der Waals surface area (Å²) >= 11 is 3.09. The summed E-state index contributed by atoms with van der Waals surface area (Å²) in [4.78, 5) is 17.1. The Balaban J connectivity index is 2.39. The van der Waals surface area contributed by atoms with Crippen LogP contribution in [0.15, 0.2) is 10.7 Å². The lowest BCUT2D eigenvalue weighted by Gasteiger charge is -2.16. The van der Waals surface area contributed by atoms with Gasteiger partial charge < -0.3 is 5.73 Å². The first-order valence-electron chi connectivity index (χ1n) is 5.42. The third kappa shape index (κ3) is 2.60. The van der Waals surface area contributed by atoms with Crippen LogP contribution >= 0.6 is 15.9 Å². The molecule has 4 N–H and O–H groups in total. The van der Waals surface area contributed by atoms with Gasteiger partial charge >= 0.3 is 0 Å². The molecule has 1 amide bonds. The van der Waals surface area contributed by atoms with Gasteiger partial charge in [-0.25, -0.2) is 18.5 Å². The van der Waals surface area contributed by atoms with Crippen molar-refractivity contribution in [3.63, 3.8) is 0 Å². The van der Waals surface area contributed by atoms with Gasteiger partial charge in [-0.05, 0) is 15.9 Å². The van der Waals surface area contributed by atoms with E-state index in [0.29, 0.717) is 0 Å². The van der Waals surface area contributed by atoms with Gasteiger partial charge in [0.15, 0.2) is 0 Å². The van der Waals surface area contributed by atoms with E-state index in [2.05, 4.69) is 20.9 Å². The smallest absolute Gasteiger partial charge is 0.229 e. The molecule has 10 heteroatoms. The number of carbonyl (C=O) groups is 1. The quantitative estimate of drug-likeness (QED) is 0.693. The van der Waals surface area contributed by atoms with Crippen molar-refractivity contribution in [3.8, 4) is 6.07 Å². The number of hydrogen-bond donors (Lipinski definition) is 2. The van der Waals surface area contributed by atoms with E-state index in [1.54, 1.807) is 0 Å². The molecule has 0 spiro atoms. The predicted molar refractivity (Wildman–Crippen MR) is 74.9 cm³/mol. The van der Waals surface area contributed by atoms with Gasteiger partial charge in [-0.2, -0.15) is 5.26 Å². The molecule has 106 valence electrons. The molecule has 0 bridgehead atoms. The van der Waals surface area contributed by atoms with Crippen molar-refractivity contribution < 1.29 is 13.2 Å². The van der Waals surface area contributed by atoms with Gasteiger partial charge in [-0.1, -0.05) is 0 Å². The number of sulfonamides is 1. The topological polar surface area (TPSA) is 143 Å². The fourth-order valence-corrected chi connectivity index (χ4v) is 3.12. The molecule has 1 fully saturated rings. The van der Waals surface area contributed by atoms with E-state index in [9.17, 15) is 13.2 Å². The molecule has 0 aliphatic carbocycles. The standard InChI is InChI=1S/C10H10BrN5O3S/c11-10-6(3-12)7(13)2-8(15-10)16-4-5(1-9(16)17)20(14,18)19/h2,5H,1,4H2,(H2,13,15)(H2,14,18,19). The van der Waals surface area contributed by atoms with E-state index in [1.165, 1.54) is 11.0 Å². The zero-order valence-corrected chi connectivity index (χ0v) is 12.5. The van der Waals surface area contributed by atoms with Crippen LogP contribution in [0.5, 0.6) is 0 Å².